The van der Waals surface area contributed by atoms with Crippen molar-refractivity contribution >= 4 is 10.8 Å². The molecule has 0 heterocycles. The molecular weight excluding hydrogens is 158 g/mol. The Morgan fingerprint density at radius 3 is 2.54 bits per heavy atom. The van der Waals surface area contributed by atoms with Crippen molar-refractivity contribution in [1.29, 1.82) is 0 Å². The maximum atomic E-state index is 2.26. The van der Waals surface area contributed by atoms with Gasteiger partial charge in [0.1, 0.15) is 6.54 Å². The number of hydrogen-bond acceptors (Lipinski definition) is 0. The smallest absolute Gasteiger partial charge is 0.101 e. The Balaban J connectivity index is 2.49. The molecule has 0 aliphatic carbocycles. The van der Waals surface area contributed by atoms with E-state index in [0.717, 1.165) is 6.54 Å². The van der Waals surface area contributed by atoms with Crippen LogP contribution in [-0.2, 0) is 6.54 Å². The summed E-state index contributed by atoms with van der Waals surface area (Å²) in [6, 6.07) is 15.1. The van der Waals surface area contributed by atoms with Gasteiger partial charge in [-0.25, -0.2) is 0 Å². The fourth-order valence-electron chi connectivity index (χ4n) is 1.60. The molecule has 0 aliphatic rings. The Morgan fingerprint density at radius 1 is 1.00 bits per heavy atom. The van der Waals surface area contributed by atoms with Crippen molar-refractivity contribution in [3.63, 3.8) is 0 Å². The third-order valence-corrected chi connectivity index (χ3v) is 2.25. The van der Waals surface area contributed by atoms with E-state index in [1.54, 1.807) is 0 Å². The van der Waals surface area contributed by atoms with Gasteiger partial charge in [-0.2, -0.15) is 0 Å². The lowest BCUT2D eigenvalue weighted by Crippen LogP contribution is -2.77. The van der Waals surface area contributed by atoms with Gasteiger partial charge in [0.15, 0.2) is 0 Å². The third kappa shape index (κ3) is 1.70. The molecule has 1 heteroatoms. The first-order valence-corrected chi connectivity index (χ1v) is 4.65. The molecule has 0 amide bonds. The van der Waals surface area contributed by atoms with Gasteiger partial charge in [0, 0.05) is 5.56 Å². The lowest BCUT2D eigenvalue weighted by atomic mass is 10.1. The summed E-state index contributed by atoms with van der Waals surface area (Å²) in [6.45, 7) is 1.06. The van der Waals surface area contributed by atoms with E-state index in [1.165, 1.54) is 16.3 Å². The Kier molecular flexibility index (Phi) is 2.28. The number of nitrogens with two attached hydrogens (primary N) is 1. The summed E-state index contributed by atoms with van der Waals surface area (Å²) in [6.07, 6.45) is 0. The van der Waals surface area contributed by atoms with Gasteiger partial charge in [0.05, 0.1) is 7.05 Å². The minimum absolute atomic E-state index is 1.06. The van der Waals surface area contributed by atoms with E-state index >= 15 is 0 Å². The molecule has 0 aromatic heterocycles. The molecule has 0 fully saturated rings. The zero-order chi connectivity index (χ0) is 9.10. The van der Waals surface area contributed by atoms with Crippen LogP contribution in [0.5, 0.6) is 0 Å². The van der Waals surface area contributed by atoms with Crippen molar-refractivity contribution in [2.24, 2.45) is 0 Å². The highest BCUT2D eigenvalue weighted by Gasteiger charge is 1.95. The molecule has 0 atom stereocenters. The summed E-state index contributed by atoms with van der Waals surface area (Å²) >= 11 is 0. The molecule has 66 valence electrons. The Hall–Kier alpha value is -1.34. The number of hydrogen-bond donors (Lipinski definition) is 1. The lowest BCUT2D eigenvalue weighted by molar-refractivity contribution is -0.643. The van der Waals surface area contributed by atoms with E-state index in [-0.39, 0.29) is 0 Å². The van der Waals surface area contributed by atoms with E-state index in [2.05, 4.69) is 54.8 Å². The Labute approximate surface area is 78.4 Å². The van der Waals surface area contributed by atoms with Crippen LogP contribution >= 0.6 is 0 Å². The van der Waals surface area contributed by atoms with Crippen LogP contribution in [0, 0.1) is 0 Å². The molecule has 2 rings (SSSR count). The van der Waals surface area contributed by atoms with Crippen LogP contribution < -0.4 is 5.32 Å². The molecule has 1 nitrogen and oxygen atoms in total. The van der Waals surface area contributed by atoms with Crippen LogP contribution in [0.15, 0.2) is 42.5 Å². The van der Waals surface area contributed by atoms with Gasteiger partial charge in [0.25, 0.3) is 0 Å². The molecule has 0 unspecified atom stereocenters. The summed E-state index contributed by atoms with van der Waals surface area (Å²) in [7, 11) is 2.09. The minimum Gasteiger partial charge on any atom is -0.345 e. The predicted molar refractivity (Wildman–Crippen MR) is 55.5 cm³/mol. The number of fused-ring (bicyclic) bond motifs is 1. The average molecular weight is 172 g/mol. The summed E-state index contributed by atoms with van der Waals surface area (Å²) < 4.78 is 0. The highest BCUT2D eigenvalue weighted by Crippen LogP contribution is 2.14. The quantitative estimate of drug-likeness (QED) is 0.707. The molecule has 0 saturated carbocycles. The zero-order valence-electron chi connectivity index (χ0n) is 7.83. The predicted octanol–water partition coefficient (Wildman–Crippen LogP) is 1.53. The molecule has 0 aliphatic heterocycles. The van der Waals surface area contributed by atoms with Gasteiger partial charge in [-0.3, -0.25) is 0 Å². The largest absolute Gasteiger partial charge is 0.345 e. The lowest BCUT2D eigenvalue weighted by Gasteiger charge is -2.00. The third-order valence-electron chi connectivity index (χ3n) is 2.25. The van der Waals surface area contributed by atoms with Crippen molar-refractivity contribution in [3.05, 3.63) is 48.0 Å². The van der Waals surface area contributed by atoms with Crippen LogP contribution in [-0.4, -0.2) is 7.05 Å². The molecular formula is C12H14N+. The van der Waals surface area contributed by atoms with Crippen molar-refractivity contribution < 1.29 is 5.32 Å². The second kappa shape index (κ2) is 3.58. The van der Waals surface area contributed by atoms with E-state index in [0.29, 0.717) is 0 Å². The number of benzene rings is 2. The van der Waals surface area contributed by atoms with Gasteiger partial charge >= 0.3 is 0 Å². The second-order valence-corrected chi connectivity index (χ2v) is 3.29. The summed E-state index contributed by atoms with van der Waals surface area (Å²) in [4.78, 5) is 0. The molecule has 2 N–H and O–H groups in total. The van der Waals surface area contributed by atoms with E-state index < -0.39 is 0 Å². The molecule has 0 radical (unpaired) electrons. The second-order valence-electron chi connectivity index (χ2n) is 3.29. The first kappa shape index (κ1) is 8.27. The van der Waals surface area contributed by atoms with E-state index in [1.807, 2.05) is 0 Å². The molecule has 13 heavy (non-hydrogen) atoms. The molecule has 2 aromatic rings. The first-order chi connectivity index (χ1) is 6.40. The standard InChI is InChI=1S/C12H13N/c1-13-9-10-6-7-11-4-2-3-5-12(11)8-10/h2-8,13H,9H2,1H3/p+1. The van der Waals surface area contributed by atoms with Crippen LogP contribution in [0.1, 0.15) is 5.56 Å². The fraction of sp³-hybridized carbons (Fsp3) is 0.167. The molecule has 2 aromatic carbocycles. The van der Waals surface area contributed by atoms with E-state index in [9.17, 15) is 0 Å². The first-order valence-electron chi connectivity index (χ1n) is 4.65. The summed E-state index contributed by atoms with van der Waals surface area (Å²) in [5, 5.41) is 4.84. The minimum atomic E-state index is 1.06. The fourth-order valence-corrected chi connectivity index (χ4v) is 1.60. The number of rotatable bonds is 2. The Morgan fingerprint density at radius 2 is 1.77 bits per heavy atom. The van der Waals surface area contributed by atoms with Gasteiger partial charge in [0.2, 0.25) is 0 Å². The summed E-state index contributed by atoms with van der Waals surface area (Å²) in [5.74, 6) is 0. The van der Waals surface area contributed by atoms with Crippen LogP contribution in [0.4, 0.5) is 0 Å². The van der Waals surface area contributed by atoms with E-state index in [4.69, 9.17) is 0 Å². The highest BCUT2D eigenvalue weighted by atomic mass is 14.8. The normalized spacial score (nSPS) is 10.5. The van der Waals surface area contributed by atoms with Crippen molar-refractivity contribution in [3.8, 4) is 0 Å². The SMILES string of the molecule is C[NH2+]Cc1ccc2ccccc2c1. The van der Waals surface area contributed by atoms with Crippen molar-refractivity contribution in [2.75, 3.05) is 7.05 Å². The topological polar surface area (TPSA) is 16.6 Å². The van der Waals surface area contributed by atoms with Crippen LogP contribution in [0.25, 0.3) is 10.8 Å². The zero-order valence-corrected chi connectivity index (χ0v) is 7.83. The summed E-state index contributed by atoms with van der Waals surface area (Å²) in [5.41, 5.74) is 1.39. The number of quaternary nitrogens is 1. The van der Waals surface area contributed by atoms with Crippen LogP contribution in [0.2, 0.25) is 0 Å². The van der Waals surface area contributed by atoms with Gasteiger partial charge in [-0.1, -0.05) is 36.4 Å². The Bertz CT molecular complexity index is 407. The maximum Gasteiger partial charge on any atom is 0.101 e. The average Bonchev–Trinajstić information content (AvgIpc) is 2.18. The monoisotopic (exact) mass is 172 g/mol. The molecule has 0 saturated heterocycles. The van der Waals surface area contributed by atoms with Crippen molar-refractivity contribution in [2.45, 2.75) is 6.54 Å². The molecule has 0 bridgehead atoms. The van der Waals surface area contributed by atoms with Crippen LogP contribution in [0.3, 0.4) is 0 Å². The maximum absolute atomic E-state index is 2.26. The highest BCUT2D eigenvalue weighted by molar-refractivity contribution is 5.82. The van der Waals surface area contributed by atoms with Gasteiger partial charge in [-0.05, 0) is 16.8 Å². The van der Waals surface area contributed by atoms with Crippen molar-refractivity contribution in [1.82, 2.24) is 0 Å². The van der Waals surface area contributed by atoms with Gasteiger partial charge < -0.3 is 5.32 Å². The molecule has 0 spiro atoms. The van der Waals surface area contributed by atoms with Gasteiger partial charge in [-0.15, -0.1) is 0 Å².